The molecule has 1 aromatic rings. The molecule has 0 aromatic heterocycles. The van der Waals surface area contributed by atoms with Crippen molar-refractivity contribution in [2.45, 2.75) is 33.2 Å². The van der Waals surface area contributed by atoms with E-state index >= 15 is 0 Å². The summed E-state index contributed by atoms with van der Waals surface area (Å²) in [6.45, 7) is 6.73. The molecule has 1 aromatic carbocycles. The van der Waals surface area contributed by atoms with Crippen molar-refractivity contribution in [3.8, 4) is 0 Å². The number of amides is 1. The lowest BCUT2D eigenvalue weighted by molar-refractivity contribution is -0.124. The van der Waals surface area contributed by atoms with E-state index in [-0.39, 0.29) is 13.3 Å². The smallest absolute Gasteiger partial charge is 0.222 e. The highest BCUT2D eigenvalue weighted by molar-refractivity contribution is 5.78. The fraction of sp³-hybridized carbons (Fsp3) is 0.533. The van der Waals surface area contributed by atoms with Crippen LogP contribution in [-0.4, -0.2) is 19.0 Å². The Bertz CT molecular complexity index is 414. The van der Waals surface area contributed by atoms with Crippen molar-refractivity contribution in [1.29, 1.82) is 0 Å². The third kappa shape index (κ3) is 3.03. The zero-order valence-corrected chi connectivity index (χ0v) is 11.3. The summed E-state index contributed by atoms with van der Waals surface area (Å²) >= 11 is 0. The summed E-state index contributed by atoms with van der Waals surface area (Å²) in [4.78, 5) is 14.0. The molecule has 1 N–H and O–H groups in total. The van der Waals surface area contributed by atoms with E-state index in [0.717, 1.165) is 13.1 Å². The second kappa shape index (κ2) is 5.89. The molecule has 1 aliphatic heterocycles. The van der Waals surface area contributed by atoms with E-state index in [1.807, 2.05) is 19.9 Å². The SMILES string of the molecule is CC(C)C(=O)NCc1ccccc1N1CCCC1.[HH]. The van der Waals surface area contributed by atoms with Gasteiger partial charge in [-0.05, 0) is 24.5 Å². The molecule has 0 saturated carbocycles. The Kier molecular flexibility index (Phi) is 4.24. The molecule has 0 radical (unpaired) electrons. The molecule has 100 valence electrons. The van der Waals surface area contributed by atoms with Crippen molar-refractivity contribution >= 4 is 11.6 Å². The normalized spacial score (nSPS) is 15.2. The van der Waals surface area contributed by atoms with Gasteiger partial charge in [0.15, 0.2) is 0 Å². The topological polar surface area (TPSA) is 32.3 Å². The molecule has 0 aliphatic carbocycles. The van der Waals surface area contributed by atoms with E-state index in [9.17, 15) is 4.79 Å². The van der Waals surface area contributed by atoms with Gasteiger partial charge in [0.25, 0.3) is 0 Å². The number of nitrogens with zero attached hydrogens (tertiary/aromatic N) is 1. The van der Waals surface area contributed by atoms with E-state index in [1.54, 1.807) is 0 Å². The highest BCUT2D eigenvalue weighted by Gasteiger charge is 2.15. The Morgan fingerprint density at radius 1 is 1.33 bits per heavy atom. The molecule has 1 amide bonds. The van der Waals surface area contributed by atoms with Gasteiger partial charge in [-0.3, -0.25) is 4.79 Å². The number of para-hydroxylation sites is 1. The second-order valence-electron chi connectivity index (χ2n) is 5.20. The van der Waals surface area contributed by atoms with Crippen LogP contribution in [0, 0.1) is 5.92 Å². The summed E-state index contributed by atoms with van der Waals surface area (Å²) in [6.07, 6.45) is 2.54. The summed E-state index contributed by atoms with van der Waals surface area (Å²) in [5.41, 5.74) is 2.49. The molecule has 0 atom stereocenters. The molecule has 18 heavy (non-hydrogen) atoms. The maximum absolute atomic E-state index is 11.6. The molecule has 2 rings (SSSR count). The number of carbonyl (C=O) groups excluding carboxylic acids is 1. The minimum atomic E-state index is 0. The molecule has 0 unspecified atom stereocenters. The summed E-state index contributed by atoms with van der Waals surface area (Å²) < 4.78 is 0. The van der Waals surface area contributed by atoms with Crippen LogP contribution < -0.4 is 10.2 Å². The van der Waals surface area contributed by atoms with Crippen LogP contribution in [0.15, 0.2) is 24.3 Å². The van der Waals surface area contributed by atoms with Crippen LogP contribution in [0.5, 0.6) is 0 Å². The van der Waals surface area contributed by atoms with E-state index < -0.39 is 0 Å². The minimum absolute atomic E-state index is 0. The van der Waals surface area contributed by atoms with Crippen LogP contribution >= 0.6 is 0 Å². The third-order valence-corrected chi connectivity index (χ3v) is 3.42. The van der Waals surface area contributed by atoms with Crippen LogP contribution in [0.3, 0.4) is 0 Å². The monoisotopic (exact) mass is 248 g/mol. The fourth-order valence-corrected chi connectivity index (χ4v) is 2.31. The lowest BCUT2D eigenvalue weighted by atomic mass is 10.1. The maximum Gasteiger partial charge on any atom is 0.222 e. The van der Waals surface area contributed by atoms with Crippen LogP contribution in [0.2, 0.25) is 0 Å². The average Bonchev–Trinajstić information content (AvgIpc) is 2.89. The number of benzene rings is 1. The number of hydrogen-bond acceptors (Lipinski definition) is 2. The highest BCUT2D eigenvalue weighted by Crippen LogP contribution is 2.24. The van der Waals surface area contributed by atoms with Crippen molar-refractivity contribution in [1.82, 2.24) is 5.32 Å². The number of carbonyl (C=O) groups is 1. The van der Waals surface area contributed by atoms with Crippen molar-refractivity contribution in [3.63, 3.8) is 0 Å². The standard InChI is InChI=1S/C15H22N2O.H2/c1-12(2)15(18)16-11-13-7-3-4-8-14(13)17-9-5-6-10-17;/h3-4,7-8,12H,5-6,9-11H2,1-2H3,(H,16,18);1H. The van der Waals surface area contributed by atoms with Crippen molar-refractivity contribution < 1.29 is 6.22 Å². The molecule has 3 nitrogen and oxygen atoms in total. The first kappa shape index (κ1) is 12.9. The predicted molar refractivity (Wildman–Crippen MR) is 76.7 cm³/mol. The molecule has 1 heterocycles. The molecule has 3 heteroatoms. The quantitative estimate of drug-likeness (QED) is 0.888. The van der Waals surface area contributed by atoms with Crippen LogP contribution in [0.25, 0.3) is 0 Å². The van der Waals surface area contributed by atoms with Crippen molar-refractivity contribution in [2.75, 3.05) is 18.0 Å². The van der Waals surface area contributed by atoms with Gasteiger partial charge in [-0.2, -0.15) is 0 Å². The molecular weight excluding hydrogens is 224 g/mol. The summed E-state index contributed by atoms with van der Waals surface area (Å²) in [7, 11) is 0. The average molecular weight is 248 g/mol. The van der Waals surface area contributed by atoms with Crippen molar-refractivity contribution in [3.05, 3.63) is 29.8 Å². The fourth-order valence-electron chi connectivity index (χ4n) is 2.31. The van der Waals surface area contributed by atoms with Crippen molar-refractivity contribution in [2.24, 2.45) is 5.92 Å². The number of nitrogens with one attached hydrogen (secondary N) is 1. The predicted octanol–water partition coefficient (Wildman–Crippen LogP) is 2.81. The van der Waals surface area contributed by atoms with Gasteiger partial charge in [0.1, 0.15) is 0 Å². The molecule has 1 saturated heterocycles. The zero-order chi connectivity index (χ0) is 13.0. The highest BCUT2D eigenvalue weighted by atomic mass is 16.1. The maximum atomic E-state index is 11.6. The van der Waals surface area contributed by atoms with E-state index in [2.05, 4.69) is 28.4 Å². The number of hydrogen-bond donors (Lipinski definition) is 1. The second-order valence-corrected chi connectivity index (χ2v) is 5.20. The molecule has 1 aliphatic rings. The van der Waals surface area contributed by atoms with Gasteiger partial charge in [0.05, 0.1) is 0 Å². The van der Waals surface area contributed by atoms with E-state index in [1.165, 1.54) is 24.1 Å². The largest absolute Gasteiger partial charge is 0.371 e. The van der Waals surface area contributed by atoms with Gasteiger partial charge < -0.3 is 10.2 Å². The summed E-state index contributed by atoms with van der Waals surface area (Å²) in [5.74, 6) is 0.162. The first-order valence-electron chi connectivity index (χ1n) is 6.79. The van der Waals surface area contributed by atoms with E-state index in [0.29, 0.717) is 6.54 Å². The van der Waals surface area contributed by atoms with Gasteiger partial charge in [-0.25, -0.2) is 0 Å². The molecule has 1 fully saturated rings. The van der Waals surface area contributed by atoms with E-state index in [4.69, 9.17) is 0 Å². The van der Waals surface area contributed by atoms with Crippen LogP contribution in [0.1, 0.15) is 33.7 Å². The third-order valence-electron chi connectivity index (χ3n) is 3.42. The molecule has 0 spiro atoms. The first-order valence-corrected chi connectivity index (χ1v) is 6.79. The van der Waals surface area contributed by atoms with Gasteiger partial charge in [-0.15, -0.1) is 0 Å². The molecule has 0 bridgehead atoms. The van der Waals surface area contributed by atoms with Gasteiger partial charge in [0, 0.05) is 32.7 Å². The lowest BCUT2D eigenvalue weighted by Gasteiger charge is -2.21. The minimum Gasteiger partial charge on any atom is -0.371 e. The Morgan fingerprint density at radius 3 is 2.67 bits per heavy atom. The number of anilines is 1. The Morgan fingerprint density at radius 2 is 2.00 bits per heavy atom. The summed E-state index contributed by atoms with van der Waals surface area (Å²) in [6, 6.07) is 8.37. The van der Waals surface area contributed by atoms with Crippen LogP contribution in [-0.2, 0) is 11.3 Å². The summed E-state index contributed by atoms with van der Waals surface area (Å²) in [5, 5.41) is 3.00. The Hall–Kier alpha value is -1.51. The first-order chi connectivity index (χ1) is 8.68. The van der Waals surface area contributed by atoms with Gasteiger partial charge in [0.2, 0.25) is 5.91 Å². The zero-order valence-electron chi connectivity index (χ0n) is 11.3. The number of rotatable bonds is 4. The van der Waals surface area contributed by atoms with Crippen LogP contribution in [0.4, 0.5) is 5.69 Å². The van der Waals surface area contributed by atoms with Gasteiger partial charge >= 0.3 is 0 Å². The molecular formula is C15H24N2O. The lowest BCUT2D eigenvalue weighted by Crippen LogP contribution is -2.28. The Balaban J connectivity index is 0.00000180. The van der Waals surface area contributed by atoms with Gasteiger partial charge in [-0.1, -0.05) is 32.0 Å². The Labute approximate surface area is 111 Å².